The molecule has 0 bridgehead atoms. The normalized spacial score (nSPS) is 27.1. The van der Waals surface area contributed by atoms with Gasteiger partial charge in [0.1, 0.15) is 6.29 Å². The minimum absolute atomic E-state index is 0.111. The van der Waals surface area contributed by atoms with E-state index in [1.807, 2.05) is 4.90 Å². The molecule has 1 fully saturated rings. The molecule has 4 nitrogen and oxygen atoms in total. The number of hydrogen-bond donors (Lipinski definition) is 2. The number of aliphatic hydroxyl groups is 2. The predicted octanol–water partition coefficient (Wildman–Crippen LogP) is -0.750. The zero-order valence-corrected chi connectivity index (χ0v) is 7.72. The minimum Gasteiger partial charge on any atom is -0.394 e. The predicted molar refractivity (Wildman–Crippen MR) is 48.3 cm³/mol. The number of carbonyl (C=O) groups excluding carboxylic acids is 1. The van der Waals surface area contributed by atoms with E-state index in [1.54, 1.807) is 0 Å². The Labute approximate surface area is 78.2 Å². The Kier molecular flexibility index (Phi) is 4.35. The quantitative estimate of drug-likeness (QED) is 0.569. The summed E-state index contributed by atoms with van der Waals surface area (Å²) in [7, 11) is 0. The molecule has 2 N–H and O–H groups in total. The van der Waals surface area contributed by atoms with Gasteiger partial charge in [0.15, 0.2) is 0 Å². The summed E-state index contributed by atoms with van der Waals surface area (Å²) >= 11 is 0. The van der Waals surface area contributed by atoms with Crippen molar-refractivity contribution in [1.29, 1.82) is 0 Å². The first-order valence-corrected chi connectivity index (χ1v) is 4.73. The van der Waals surface area contributed by atoms with E-state index in [0.29, 0.717) is 6.54 Å². The summed E-state index contributed by atoms with van der Waals surface area (Å²) in [5, 5.41) is 17.8. The standard InChI is InChI=1S/C9H17NO3/c11-6-8-2-1-3-10(4-8)5-9(13)7-12/h6,8-9,12-13H,1-5,7H2. The molecule has 0 spiro atoms. The summed E-state index contributed by atoms with van der Waals surface area (Å²) < 4.78 is 0. The highest BCUT2D eigenvalue weighted by atomic mass is 16.3. The molecule has 0 saturated carbocycles. The summed E-state index contributed by atoms with van der Waals surface area (Å²) in [5.74, 6) is 0.111. The number of piperidine rings is 1. The molecule has 1 saturated heterocycles. The Morgan fingerprint density at radius 2 is 2.38 bits per heavy atom. The van der Waals surface area contributed by atoms with Gasteiger partial charge < -0.3 is 15.0 Å². The molecule has 0 amide bonds. The lowest BCUT2D eigenvalue weighted by molar-refractivity contribution is -0.112. The summed E-state index contributed by atoms with van der Waals surface area (Å²) in [6, 6.07) is 0. The molecule has 1 aliphatic heterocycles. The summed E-state index contributed by atoms with van der Waals surface area (Å²) in [6.45, 7) is 1.91. The highest BCUT2D eigenvalue weighted by molar-refractivity contribution is 5.53. The fraction of sp³-hybridized carbons (Fsp3) is 0.889. The largest absolute Gasteiger partial charge is 0.394 e. The van der Waals surface area contributed by atoms with E-state index < -0.39 is 6.10 Å². The summed E-state index contributed by atoms with van der Waals surface area (Å²) in [5.41, 5.74) is 0. The monoisotopic (exact) mass is 187 g/mol. The third kappa shape index (κ3) is 3.42. The van der Waals surface area contributed by atoms with Crippen LogP contribution in [0.4, 0.5) is 0 Å². The SMILES string of the molecule is O=CC1CCCN(CC(O)CO)C1. The van der Waals surface area contributed by atoms with Crippen LogP contribution in [0.1, 0.15) is 12.8 Å². The third-order valence-corrected chi connectivity index (χ3v) is 2.41. The van der Waals surface area contributed by atoms with Crippen molar-refractivity contribution in [2.45, 2.75) is 18.9 Å². The Bertz CT molecular complexity index is 163. The van der Waals surface area contributed by atoms with Crippen LogP contribution in [0.15, 0.2) is 0 Å². The first kappa shape index (κ1) is 10.6. The van der Waals surface area contributed by atoms with Crippen molar-refractivity contribution in [3.63, 3.8) is 0 Å². The third-order valence-electron chi connectivity index (χ3n) is 2.41. The summed E-state index contributed by atoms with van der Waals surface area (Å²) in [4.78, 5) is 12.6. The molecule has 2 unspecified atom stereocenters. The number of carbonyl (C=O) groups is 1. The number of likely N-dealkylation sites (tertiary alicyclic amines) is 1. The van der Waals surface area contributed by atoms with Crippen molar-refractivity contribution >= 4 is 6.29 Å². The van der Waals surface area contributed by atoms with Gasteiger partial charge in [-0.25, -0.2) is 0 Å². The van der Waals surface area contributed by atoms with Gasteiger partial charge in [0.2, 0.25) is 0 Å². The van der Waals surface area contributed by atoms with Gasteiger partial charge in [-0.1, -0.05) is 0 Å². The Morgan fingerprint density at radius 1 is 1.62 bits per heavy atom. The van der Waals surface area contributed by atoms with Gasteiger partial charge in [0.05, 0.1) is 12.7 Å². The molecule has 76 valence electrons. The van der Waals surface area contributed by atoms with E-state index in [-0.39, 0.29) is 12.5 Å². The first-order valence-electron chi connectivity index (χ1n) is 4.73. The highest BCUT2D eigenvalue weighted by Crippen LogP contribution is 2.14. The van der Waals surface area contributed by atoms with E-state index in [4.69, 9.17) is 5.11 Å². The molecular weight excluding hydrogens is 170 g/mol. The number of rotatable bonds is 4. The van der Waals surface area contributed by atoms with E-state index in [1.165, 1.54) is 0 Å². The van der Waals surface area contributed by atoms with Crippen molar-refractivity contribution in [2.75, 3.05) is 26.2 Å². The van der Waals surface area contributed by atoms with Gasteiger partial charge in [0, 0.05) is 19.0 Å². The van der Waals surface area contributed by atoms with E-state index in [2.05, 4.69) is 0 Å². The average molecular weight is 187 g/mol. The van der Waals surface area contributed by atoms with Crippen LogP contribution in [0.5, 0.6) is 0 Å². The number of aldehydes is 1. The Morgan fingerprint density at radius 3 is 3.00 bits per heavy atom. The lowest BCUT2D eigenvalue weighted by atomic mass is 9.99. The van der Waals surface area contributed by atoms with Gasteiger partial charge in [-0.05, 0) is 19.4 Å². The Hall–Kier alpha value is -0.450. The second-order valence-corrected chi connectivity index (χ2v) is 3.63. The second-order valence-electron chi connectivity index (χ2n) is 3.63. The van der Waals surface area contributed by atoms with Crippen molar-refractivity contribution in [3.8, 4) is 0 Å². The van der Waals surface area contributed by atoms with Crippen LogP contribution in [-0.4, -0.2) is 53.7 Å². The lowest BCUT2D eigenvalue weighted by Gasteiger charge is -2.31. The molecule has 0 aliphatic carbocycles. The van der Waals surface area contributed by atoms with Gasteiger partial charge >= 0.3 is 0 Å². The number of β-amino-alcohol motifs (C(OH)–C–C–N with tert-alkyl or cyclic N) is 1. The molecule has 0 aromatic heterocycles. The van der Waals surface area contributed by atoms with Gasteiger partial charge in [-0.15, -0.1) is 0 Å². The van der Waals surface area contributed by atoms with E-state index in [0.717, 1.165) is 32.2 Å². The van der Waals surface area contributed by atoms with Crippen LogP contribution in [0.2, 0.25) is 0 Å². The van der Waals surface area contributed by atoms with Gasteiger partial charge in [-0.2, -0.15) is 0 Å². The molecule has 1 heterocycles. The molecule has 1 aliphatic rings. The van der Waals surface area contributed by atoms with Crippen LogP contribution in [0, 0.1) is 5.92 Å². The van der Waals surface area contributed by atoms with Crippen molar-refractivity contribution < 1.29 is 15.0 Å². The van der Waals surface area contributed by atoms with Crippen LogP contribution < -0.4 is 0 Å². The maximum Gasteiger partial charge on any atom is 0.124 e. The minimum atomic E-state index is -0.676. The smallest absolute Gasteiger partial charge is 0.124 e. The molecule has 1 rings (SSSR count). The maximum absolute atomic E-state index is 10.5. The van der Waals surface area contributed by atoms with Crippen LogP contribution >= 0.6 is 0 Å². The molecule has 13 heavy (non-hydrogen) atoms. The molecule has 2 atom stereocenters. The fourth-order valence-corrected chi connectivity index (χ4v) is 1.72. The number of aliphatic hydroxyl groups excluding tert-OH is 2. The zero-order valence-electron chi connectivity index (χ0n) is 7.72. The maximum atomic E-state index is 10.5. The van der Waals surface area contributed by atoms with Gasteiger partial charge in [0.25, 0.3) is 0 Å². The number of hydrogen-bond acceptors (Lipinski definition) is 4. The Balaban J connectivity index is 2.29. The van der Waals surface area contributed by atoms with Crippen molar-refractivity contribution in [2.24, 2.45) is 5.92 Å². The molecular formula is C9H17NO3. The topological polar surface area (TPSA) is 60.8 Å². The molecule has 0 aromatic carbocycles. The van der Waals surface area contributed by atoms with Crippen LogP contribution in [0.25, 0.3) is 0 Å². The first-order chi connectivity index (χ1) is 6.26. The van der Waals surface area contributed by atoms with Crippen LogP contribution in [-0.2, 0) is 4.79 Å². The second kappa shape index (κ2) is 5.32. The zero-order chi connectivity index (χ0) is 9.68. The van der Waals surface area contributed by atoms with E-state index >= 15 is 0 Å². The summed E-state index contributed by atoms with van der Waals surface area (Å²) in [6.07, 6.45) is 2.26. The molecule has 4 heteroatoms. The molecule has 0 aromatic rings. The van der Waals surface area contributed by atoms with E-state index in [9.17, 15) is 9.90 Å². The average Bonchev–Trinajstić information content (AvgIpc) is 2.18. The van der Waals surface area contributed by atoms with Crippen LogP contribution in [0.3, 0.4) is 0 Å². The molecule has 0 radical (unpaired) electrons. The van der Waals surface area contributed by atoms with Crippen molar-refractivity contribution in [3.05, 3.63) is 0 Å². The fourth-order valence-electron chi connectivity index (χ4n) is 1.72. The number of nitrogens with zero attached hydrogens (tertiary/aromatic N) is 1. The van der Waals surface area contributed by atoms with Gasteiger partial charge in [-0.3, -0.25) is 4.90 Å². The van der Waals surface area contributed by atoms with Crippen molar-refractivity contribution in [1.82, 2.24) is 4.90 Å². The highest BCUT2D eigenvalue weighted by Gasteiger charge is 2.20. The lowest BCUT2D eigenvalue weighted by Crippen LogP contribution is -2.41.